The number of allylic oxidation sites excluding steroid dienone is 2. The molecule has 4 unspecified atom stereocenters. The SMILES string of the molecule is CC1(C)C2CCC1(CS(=O)(=O)[O-])C(=O)C2=Cc1ccc(C=C2C(=O)C3(CS(=O)(=O)[O-])CCC2C3(C)C)cc1.[Na+].[Na+]. The first-order chi connectivity index (χ1) is 17.3. The van der Waals surface area contributed by atoms with Crippen LogP contribution in [0.15, 0.2) is 35.4 Å². The molecule has 0 saturated heterocycles. The first kappa shape index (κ1) is 34.4. The van der Waals surface area contributed by atoms with Crippen LogP contribution in [0.2, 0.25) is 0 Å². The molecular weight excluding hydrogens is 574 g/mol. The number of carbonyl (C=O) groups excluding carboxylic acids is 2. The molecule has 1 aromatic carbocycles. The Hall–Kier alpha value is -0.140. The van der Waals surface area contributed by atoms with Crippen molar-refractivity contribution in [1.29, 1.82) is 0 Å². The Kier molecular flexibility index (Phi) is 9.26. The van der Waals surface area contributed by atoms with Gasteiger partial charge in [-0.15, -0.1) is 0 Å². The molecule has 0 aliphatic heterocycles. The average molecular weight is 607 g/mol. The normalized spacial score (nSPS) is 33.9. The zero-order valence-corrected chi connectivity index (χ0v) is 29.6. The van der Waals surface area contributed by atoms with Crippen molar-refractivity contribution in [1.82, 2.24) is 0 Å². The summed E-state index contributed by atoms with van der Waals surface area (Å²) < 4.78 is 69.9. The summed E-state index contributed by atoms with van der Waals surface area (Å²) in [6.07, 6.45) is 5.59. The molecule has 12 heteroatoms. The summed E-state index contributed by atoms with van der Waals surface area (Å²) in [6.45, 7) is 7.45. The largest absolute Gasteiger partial charge is 1.00 e. The van der Waals surface area contributed by atoms with Crippen LogP contribution in [0.4, 0.5) is 0 Å². The van der Waals surface area contributed by atoms with Gasteiger partial charge in [0.1, 0.15) is 0 Å². The second kappa shape index (κ2) is 10.8. The van der Waals surface area contributed by atoms with Crippen molar-refractivity contribution in [3.05, 3.63) is 46.5 Å². The molecule has 4 aliphatic rings. The minimum absolute atomic E-state index is 0. The van der Waals surface area contributed by atoms with E-state index in [0.717, 1.165) is 11.1 Å². The van der Waals surface area contributed by atoms with Gasteiger partial charge in [-0.1, -0.05) is 52.0 Å². The second-order valence-electron chi connectivity index (χ2n) is 12.7. The molecule has 4 fully saturated rings. The zero-order valence-electron chi connectivity index (χ0n) is 23.9. The number of rotatable bonds is 6. The van der Waals surface area contributed by atoms with Gasteiger partial charge in [-0.2, -0.15) is 0 Å². The van der Waals surface area contributed by atoms with Gasteiger partial charge in [0.25, 0.3) is 0 Å². The number of Topliss-reactive ketones (excluding diaryl/α,β-unsaturated/α-hetero) is 2. The minimum Gasteiger partial charge on any atom is -0.748 e. The summed E-state index contributed by atoms with van der Waals surface area (Å²) in [5.74, 6) is -2.18. The van der Waals surface area contributed by atoms with Crippen molar-refractivity contribution in [2.45, 2.75) is 53.4 Å². The maximum atomic E-state index is 13.4. The van der Waals surface area contributed by atoms with Gasteiger partial charge in [-0.3, -0.25) is 9.59 Å². The molecule has 1 aromatic rings. The van der Waals surface area contributed by atoms with Crippen LogP contribution in [-0.4, -0.2) is 49.0 Å². The number of fused-ring (bicyclic) bond motifs is 4. The molecule has 4 aliphatic carbocycles. The van der Waals surface area contributed by atoms with Gasteiger partial charge >= 0.3 is 59.1 Å². The smallest absolute Gasteiger partial charge is 0.748 e. The van der Waals surface area contributed by atoms with E-state index in [1.54, 1.807) is 12.2 Å². The summed E-state index contributed by atoms with van der Waals surface area (Å²) >= 11 is 0. The van der Waals surface area contributed by atoms with Gasteiger partial charge in [-0.25, -0.2) is 16.8 Å². The third-order valence-corrected chi connectivity index (χ3v) is 12.2. The first-order valence-electron chi connectivity index (χ1n) is 12.8. The van der Waals surface area contributed by atoms with Crippen LogP contribution in [0, 0.1) is 33.5 Å². The van der Waals surface area contributed by atoms with Gasteiger partial charge < -0.3 is 9.11 Å². The van der Waals surface area contributed by atoms with Crippen molar-refractivity contribution in [2.24, 2.45) is 33.5 Å². The topological polar surface area (TPSA) is 149 Å². The Bertz CT molecular complexity index is 1410. The number of carbonyl (C=O) groups is 2. The van der Waals surface area contributed by atoms with E-state index in [4.69, 9.17) is 0 Å². The van der Waals surface area contributed by atoms with Crippen LogP contribution in [-0.2, 0) is 29.8 Å². The maximum Gasteiger partial charge on any atom is 1.00 e. The minimum atomic E-state index is -4.58. The van der Waals surface area contributed by atoms with E-state index in [9.17, 15) is 35.5 Å². The van der Waals surface area contributed by atoms with Crippen molar-refractivity contribution < 1.29 is 94.6 Å². The third kappa shape index (κ3) is 5.16. The Morgan fingerprint density at radius 3 is 1.27 bits per heavy atom. The molecule has 0 amide bonds. The second-order valence-corrected chi connectivity index (χ2v) is 15.5. The molecule has 0 N–H and O–H groups in total. The quantitative estimate of drug-likeness (QED) is 0.197. The molecule has 4 saturated carbocycles. The van der Waals surface area contributed by atoms with Crippen LogP contribution >= 0.6 is 0 Å². The van der Waals surface area contributed by atoms with E-state index in [1.807, 2.05) is 52.0 Å². The van der Waals surface area contributed by atoms with Crippen molar-refractivity contribution in [3.63, 3.8) is 0 Å². The Morgan fingerprint density at radius 1 is 0.700 bits per heavy atom. The van der Waals surface area contributed by atoms with Gasteiger partial charge in [0.2, 0.25) is 0 Å². The van der Waals surface area contributed by atoms with Crippen molar-refractivity contribution >= 4 is 44.0 Å². The standard InChI is InChI=1S/C28H34O8S2.2Na/c1-25(2)21-9-11-27(25,15-37(31,32)33)23(29)19(21)13-17-5-7-18(8-6-17)14-20-22-10-12-28(24(20)30,26(22,3)4)16-38(34,35)36;;/h5-8,13-14,21-22H,9-12,15-16H2,1-4H3,(H,31,32,33)(H,34,35,36);;/q;2*+1/p-2. The van der Waals surface area contributed by atoms with Gasteiger partial charge in [-0.05, 0) is 71.6 Å². The zero-order chi connectivity index (χ0) is 28.1. The van der Waals surface area contributed by atoms with Crippen LogP contribution in [0.25, 0.3) is 12.2 Å². The fourth-order valence-electron chi connectivity index (χ4n) is 8.22. The molecule has 206 valence electrons. The molecular formula is C28H32Na2O8S2. The van der Waals surface area contributed by atoms with Crippen LogP contribution < -0.4 is 59.1 Å². The Balaban J connectivity index is 0.00000220. The Morgan fingerprint density at radius 2 is 1.00 bits per heavy atom. The fourth-order valence-corrected chi connectivity index (χ4v) is 10.7. The Labute approximate surface area is 280 Å². The molecule has 8 nitrogen and oxygen atoms in total. The van der Waals surface area contributed by atoms with Crippen molar-refractivity contribution in [3.8, 4) is 0 Å². The average Bonchev–Trinajstić information content (AvgIpc) is 3.27. The van der Waals surface area contributed by atoms with Crippen LogP contribution in [0.3, 0.4) is 0 Å². The number of ketones is 2. The molecule has 0 heterocycles. The molecule has 4 bridgehead atoms. The summed E-state index contributed by atoms with van der Waals surface area (Å²) in [7, 11) is -9.17. The van der Waals surface area contributed by atoms with E-state index in [0.29, 0.717) is 36.8 Å². The van der Waals surface area contributed by atoms with Crippen LogP contribution in [0.5, 0.6) is 0 Å². The third-order valence-electron chi connectivity index (χ3n) is 10.5. The van der Waals surface area contributed by atoms with E-state index in [2.05, 4.69) is 0 Å². The van der Waals surface area contributed by atoms with Crippen molar-refractivity contribution in [2.75, 3.05) is 11.5 Å². The van der Waals surface area contributed by atoms with Gasteiger partial charge in [0, 0.05) is 11.1 Å². The predicted molar refractivity (Wildman–Crippen MR) is 139 cm³/mol. The molecule has 0 spiro atoms. The summed E-state index contributed by atoms with van der Waals surface area (Å²) in [4.78, 5) is 26.8. The molecule has 4 atom stereocenters. The maximum absolute atomic E-state index is 13.4. The van der Waals surface area contributed by atoms with E-state index in [1.165, 1.54) is 0 Å². The summed E-state index contributed by atoms with van der Waals surface area (Å²) in [5.41, 5.74) is -1.10. The van der Waals surface area contributed by atoms with E-state index < -0.39 is 53.4 Å². The number of hydrogen-bond acceptors (Lipinski definition) is 8. The molecule has 0 aromatic heterocycles. The molecule has 40 heavy (non-hydrogen) atoms. The predicted octanol–water partition coefficient (Wildman–Crippen LogP) is -2.44. The fraction of sp³-hybridized carbons (Fsp3) is 0.571. The monoisotopic (exact) mass is 606 g/mol. The summed E-state index contributed by atoms with van der Waals surface area (Å²) in [5, 5.41) is 0. The van der Waals surface area contributed by atoms with E-state index in [-0.39, 0.29) is 82.5 Å². The molecule has 0 radical (unpaired) electrons. The first-order valence-corrected chi connectivity index (χ1v) is 16.0. The van der Waals surface area contributed by atoms with Gasteiger partial charge in [0.05, 0.1) is 42.6 Å². The van der Waals surface area contributed by atoms with Crippen LogP contribution in [0.1, 0.15) is 64.5 Å². The number of benzene rings is 1. The number of hydrogen-bond donors (Lipinski definition) is 0. The van der Waals surface area contributed by atoms with Gasteiger partial charge in [0.15, 0.2) is 11.6 Å². The molecule has 5 rings (SSSR count). The van der Waals surface area contributed by atoms with E-state index >= 15 is 0 Å². The summed E-state index contributed by atoms with van der Waals surface area (Å²) in [6, 6.07) is 7.24.